The molecule has 2 amide bonds. The molecule has 6 nitrogen and oxygen atoms in total. The lowest BCUT2D eigenvalue weighted by molar-refractivity contribution is 0.208. The van der Waals surface area contributed by atoms with E-state index in [0.717, 1.165) is 5.69 Å². The van der Waals surface area contributed by atoms with Crippen molar-refractivity contribution in [2.45, 2.75) is 0 Å². The number of ether oxygens (including phenoxy) is 1. The van der Waals surface area contributed by atoms with E-state index >= 15 is 0 Å². The summed E-state index contributed by atoms with van der Waals surface area (Å²) in [6, 6.07) is 6.82. The number of nitrogens with zero attached hydrogens (tertiary/aromatic N) is 3. The molecule has 1 aliphatic heterocycles. The minimum Gasteiger partial charge on any atom is -0.497 e. The summed E-state index contributed by atoms with van der Waals surface area (Å²) in [5, 5.41) is 2.67. The van der Waals surface area contributed by atoms with Crippen molar-refractivity contribution in [3.05, 3.63) is 48.3 Å². The highest BCUT2D eigenvalue weighted by Gasteiger charge is 2.22. The van der Waals surface area contributed by atoms with Gasteiger partial charge in [0, 0.05) is 61.9 Å². The maximum atomic E-state index is 13.5. The van der Waals surface area contributed by atoms with E-state index < -0.39 is 11.8 Å². The van der Waals surface area contributed by atoms with Crippen LogP contribution in [0.2, 0.25) is 0 Å². The zero-order chi connectivity index (χ0) is 17.8. The second-order valence-electron chi connectivity index (χ2n) is 5.62. The molecule has 2 aromatic rings. The van der Waals surface area contributed by atoms with E-state index in [1.807, 2.05) is 4.90 Å². The lowest BCUT2D eigenvalue weighted by Gasteiger charge is -2.36. The van der Waals surface area contributed by atoms with Gasteiger partial charge < -0.3 is 19.9 Å². The van der Waals surface area contributed by atoms with Crippen LogP contribution in [-0.2, 0) is 0 Å². The number of hydrogen-bond donors (Lipinski definition) is 1. The van der Waals surface area contributed by atoms with Crippen LogP contribution in [0.25, 0.3) is 0 Å². The van der Waals surface area contributed by atoms with Gasteiger partial charge in [0.2, 0.25) is 5.95 Å². The molecule has 1 fully saturated rings. The van der Waals surface area contributed by atoms with Crippen molar-refractivity contribution in [2.75, 3.05) is 43.5 Å². The summed E-state index contributed by atoms with van der Waals surface area (Å²) >= 11 is 0. The summed E-state index contributed by atoms with van der Waals surface area (Å²) in [5.41, 5.74) is 1.07. The number of halogens is 2. The van der Waals surface area contributed by atoms with Gasteiger partial charge in [-0.05, 0) is 12.1 Å². The number of carbonyl (C=O) groups is 1. The Morgan fingerprint density at radius 2 is 1.92 bits per heavy atom. The van der Waals surface area contributed by atoms with Crippen molar-refractivity contribution in [3.8, 4) is 5.75 Å². The van der Waals surface area contributed by atoms with Crippen molar-refractivity contribution in [1.29, 1.82) is 0 Å². The second kappa shape index (κ2) is 7.33. The third-order valence-electron chi connectivity index (χ3n) is 4.00. The normalized spacial score (nSPS) is 14.4. The van der Waals surface area contributed by atoms with E-state index in [2.05, 4.69) is 10.3 Å². The average Bonchev–Trinajstić information content (AvgIpc) is 2.61. The van der Waals surface area contributed by atoms with E-state index in [4.69, 9.17) is 4.74 Å². The van der Waals surface area contributed by atoms with E-state index in [-0.39, 0.29) is 6.03 Å². The molecule has 0 unspecified atom stereocenters. The summed E-state index contributed by atoms with van der Waals surface area (Å²) in [4.78, 5) is 19.5. The van der Waals surface area contributed by atoms with Gasteiger partial charge in [-0.15, -0.1) is 0 Å². The van der Waals surface area contributed by atoms with Crippen LogP contribution in [0.5, 0.6) is 5.75 Å². The van der Waals surface area contributed by atoms with Crippen LogP contribution in [0.3, 0.4) is 0 Å². The van der Waals surface area contributed by atoms with E-state index in [1.54, 1.807) is 17.0 Å². The van der Waals surface area contributed by atoms with Gasteiger partial charge >= 0.3 is 6.03 Å². The number of pyridine rings is 1. The lowest BCUT2D eigenvalue weighted by Crippen LogP contribution is -2.50. The average molecular weight is 348 g/mol. The van der Waals surface area contributed by atoms with Crippen molar-refractivity contribution < 1.29 is 18.3 Å². The van der Waals surface area contributed by atoms with Crippen molar-refractivity contribution in [3.63, 3.8) is 0 Å². The Morgan fingerprint density at radius 3 is 2.60 bits per heavy atom. The van der Waals surface area contributed by atoms with Gasteiger partial charge in [-0.25, -0.2) is 14.2 Å². The van der Waals surface area contributed by atoms with E-state index in [1.165, 1.54) is 31.5 Å². The minimum absolute atomic E-state index is 0.312. The van der Waals surface area contributed by atoms with Crippen LogP contribution in [0.15, 0.2) is 36.5 Å². The number of rotatable bonds is 3. The Labute approximate surface area is 144 Å². The monoisotopic (exact) mass is 348 g/mol. The fraction of sp³-hybridized carbons (Fsp3) is 0.294. The molecule has 0 saturated carbocycles. The molecule has 0 radical (unpaired) electrons. The van der Waals surface area contributed by atoms with Gasteiger partial charge in [-0.3, -0.25) is 0 Å². The molecule has 1 saturated heterocycles. The minimum atomic E-state index is -0.530. The predicted octanol–water partition coefficient (Wildman–Crippen LogP) is 2.72. The highest BCUT2D eigenvalue weighted by atomic mass is 19.1. The summed E-state index contributed by atoms with van der Waals surface area (Å²) in [7, 11) is 1.43. The Balaban J connectivity index is 1.59. The SMILES string of the molecule is COc1cc(F)cc(NC(=O)N2CCN(c3ccnc(F)c3)CC2)c1. The molecule has 0 atom stereocenters. The Hall–Kier alpha value is -2.90. The van der Waals surface area contributed by atoms with Crippen LogP contribution >= 0.6 is 0 Å². The Morgan fingerprint density at radius 1 is 1.16 bits per heavy atom. The van der Waals surface area contributed by atoms with Gasteiger partial charge in [-0.1, -0.05) is 0 Å². The van der Waals surface area contributed by atoms with Crippen molar-refractivity contribution in [1.82, 2.24) is 9.88 Å². The highest BCUT2D eigenvalue weighted by Crippen LogP contribution is 2.21. The zero-order valence-corrected chi connectivity index (χ0v) is 13.7. The number of hydrogen-bond acceptors (Lipinski definition) is 4. The molecule has 8 heteroatoms. The fourth-order valence-corrected chi connectivity index (χ4v) is 2.71. The van der Waals surface area contributed by atoms with Gasteiger partial charge in [0.25, 0.3) is 0 Å². The van der Waals surface area contributed by atoms with Crippen LogP contribution in [-0.4, -0.2) is 49.2 Å². The quantitative estimate of drug-likeness (QED) is 0.867. The summed E-state index contributed by atoms with van der Waals surface area (Å²) in [6.45, 7) is 2.09. The molecule has 0 bridgehead atoms. The summed E-state index contributed by atoms with van der Waals surface area (Å²) in [6.07, 6.45) is 1.42. The summed E-state index contributed by atoms with van der Waals surface area (Å²) in [5.74, 6) is -0.684. The molecule has 1 aromatic heterocycles. The lowest BCUT2D eigenvalue weighted by atomic mass is 10.2. The van der Waals surface area contributed by atoms with Crippen LogP contribution in [0.4, 0.5) is 25.0 Å². The number of benzene rings is 1. The Kier molecular flexibility index (Phi) is 4.97. The third-order valence-corrected chi connectivity index (χ3v) is 4.00. The fourth-order valence-electron chi connectivity index (χ4n) is 2.71. The van der Waals surface area contributed by atoms with E-state index in [0.29, 0.717) is 37.6 Å². The van der Waals surface area contributed by atoms with Crippen molar-refractivity contribution >= 4 is 17.4 Å². The molecule has 132 valence electrons. The standard InChI is InChI=1S/C17H18F2N4O2/c1-25-15-9-12(18)8-13(10-15)21-17(24)23-6-4-22(5-7-23)14-2-3-20-16(19)11-14/h2-3,8-11H,4-7H2,1H3,(H,21,24). The smallest absolute Gasteiger partial charge is 0.321 e. The molecule has 0 spiro atoms. The number of nitrogens with one attached hydrogen (secondary N) is 1. The highest BCUT2D eigenvalue weighted by molar-refractivity contribution is 5.89. The van der Waals surface area contributed by atoms with Crippen LogP contribution < -0.4 is 15.0 Å². The van der Waals surface area contributed by atoms with Gasteiger partial charge in [0.05, 0.1) is 7.11 Å². The number of amides is 2. The number of piperazine rings is 1. The number of aromatic nitrogens is 1. The first-order valence-electron chi connectivity index (χ1n) is 7.82. The van der Waals surface area contributed by atoms with Crippen LogP contribution in [0, 0.1) is 11.8 Å². The molecule has 1 N–H and O–H groups in total. The molecule has 3 rings (SSSR count). The maximum Gasteiger partial charge on any atom is 0.321 e. The van der Waals surface area contributed by atoms with E-state index in [9.17, 15) is 13.6 Å². The number of methoxy groups -OCH3 is 1. The molecule has 25 heavy (non-hydrogen) atoms. The maximum absolute atomic E-state index is 13.5. The largest absolute Gasteiger partial charge is 0.497 e. The van der Waals surface area contributed by atoms with Gasteiger partial charge in [0.1, 0.15) is 11.6 Å². The predicted molar refractivity (Wildman–Crippen MR) is 90.0 cm³/mol. The zero-order valence-electron chi connectivity index (χ0n) is 13.7. The first-order chi connectivity index (χ1) is 12.0. The van der Waals surface area contributed by atoms with Gasteiger partial charge in [-0.2, -0.15) is 4.39 Å². The molecule has 1 aliphatic rings. The third kappa shape index (κ3) is 4.14. The van der Waals surface area contributed by atoms with Crippen LogP contribution in [0.1, 0.15) is 0 Å². The first-order valence-corrected chi connectivity index (χ1v) is 7.82. The molecular formula is C17H18F2N4O2. The molecule has 1 aromatic carbocycles. The number of carbonyl (C=O) groups excluding carboxylic acids is 1. The second-order valence-corrected chi connectivity index (χ2v) is 5.62. The first kappa shape index (κ1) is 16.9. The molecule has 2 heterocycles. The summed E-state index contributed by atoms with van der Waals surface area (Å²) < 4.78 is 31.7. The topological polar surface area (TPSA) is 57.7 Å². The van der Waals surface area contributed by atoms with Crippen molar-refractivity contribution in [2.24, 2.45) is 0 Å². The molecule has 0 aliphatic carbocycles. The van der Waals surface area contributed by atoms with Gasteiger partial charge in [0.15, 0.2) is 0 Å². The number of anilines is 2. The number of urea groups is 1. The molecular weight excluding hydrogens is 330 g/mol. The Bertz CT molecular complexity index is 764.